The first-order valence-electron chi connectivity index (χ1n) is 17.5. The minimum Gasteiger partial charge on any atom is -0.454 e. The molecule has 0 fully saturated rings. The second-order valence-corrected chi connectivity index (χ2v) is 13.3. The van der Waals surface area contributed by atoms with Gasteiger partial charge >= 0.3 is 0 Å². The molecule has 8 aromatic rings. The number of aromatic nitrogens is 2. The third-order valence-corrected chi connectivity index (χ3v) is 10.3. The van der Waals surface area contributed by atoms with Crippen LogP contribution in [-0.4, -0.2) is 9.13 Å². The minimum absolute atomic E-state index is 0.801. The Balaban J connectivity index is 1.38. The highest BCUT2D eigenvalue weighted by molar-refractivity contribution is 6.18. The number of nitrogens with zero attached hydrogens (tertiary/aromatic N) is 3. The maximum atomic E-state index is 6.61. The van der Waals surface area contributed by atoms with Crippen LogP contribution in [0.5, 0.6) is 0 Å². The fourth-order valence-electron chi connectivity index (χ4n) is 8.30. The van der Waals surface area contributed by atoms with Gasteiger partial charge in [0.05, 0.1) is 22.4 Å². The summed E-state index contributed by atoms with van der Waals surface area (Å²) in [6.45, 7) is 11.9. The second-order valence-electron chi connectivity index (χ2n) is 13.3. The Morgan fingerprint density at radius 2 is 1.52 bits per heavy atom. The van der Waals surface area contributed by atoms with Gasteiger partial charge in [0.25, 0.3) is 0 Å². The lowest BCUT2D eigenvalue weighted by atomic mass is 10.0. The number of hydrogen-bond acceptors (Lipinski definition) is 2. The first-order valence-corrected chi connectivity index (χ1v) is 17.5. The lowest BCUT2D eigenvalue weighted by molar-refractivity contribution is 0.666. The smallest absolute Gasteiger partial charge is 0.159 e. The van der Waals surface area contributed by atoms with E-state index >= 15 is 0 Å². The van der Waals surface area contributed by atoms with Crippen molar-refractivity contribution >= 4 is 72.1 Å². The molecule has 0 atom stereocenters. The van der Waals surface area contributed by atoms with Crippen LogP contribution in [0.15, 0.2) is 144 Å². The van der Waals surface area contributed by atoms with Gasteiger partial charge in [0.2, 0.25) is 0 Å². The van der Waals surface area contributed by atoms with E-state index in [1.165, 1.54) is 49.2 Å². The van der Waals surface area contributed by atoms with Gasteiger partial charge in [-0.2, -0.15) is 0 Å². The van der Waals surface area contributed by atoms with Gasteiger partial charge < -0.3 is 18.5 Å². The van der Waals surface area contributed by atoms with Gasteiger partial charge in [-0.1, -0.05) is 110 Å². The van der Waals surface area contributed by atoms with Crippen molar-refractivity contribution in [2.45, 2.75) is 40.2 Å². The summed E-state index contributed by atoms with van der Waals surface area (Å²) >= 11 is 0. The third kappa shape index (κ3) is 4.45. The molecule has 5 aromatic carbocycles. The highest BCUT2D eigenvalue weighted by Gasteiger charge is 2.26. The van der Waals surface area contributed by atoms with Crippen molar-refractivity contribution in [2.75, 3.05) is 4.90 Å². The van der Waals surface area contributed by atoms with E-state index in [4.69, 9.17) is 4.42 Å². The summed E-state index contributed by atoms with van der Waals surface area (Å²) in [5.74, 6) is 0. The van der Waals surface area contributed by atoms with Crippen LogP contribution in [-0.2, 0) is 13.0 Å². The Hall–Kier alpha value is -6.00. The van der Waals surface area contributed by atoms with Crippen LogP contribution in [0, 0.1) is 0 Å². The maximum Gasteiger partial charge on any atom is 0.159 e. The topological polar surface area (TPSA) is 26.2 Å². The molecule has 0 aliphatic carbocycles. The van der Waals surface area contributed by atoms with Gasteiger partial charge in [-0.25, -0.2) is 0 Å². The zero-order chi connectivity index (χ0) is 33.9. The highest BCUT2D eigenvalue weighted by Crippen LogP contribution is 2.44. The molecule has 0 saturated carbocycles. The number of furan rings is 1. The van der Waals surface area contributed by atoms with E-state index in [9.17, 15) is 0 Å². The zero-order valence-corrected chi connectivity index (χ0v) is 28.8. The molecule has 0 unspecified atom stereocenters. The Bertz CT molecular complexity index is 2850. The van der Waals surface area contributed by atoms with E-state index in [2.05, 4.69) is 169 Å². The number of allylic oxidation sites excluding steroid dienone is 5. The standard InChI is InChI=1S/C46H39N3O/c1-5-6-7-14-29-47-37-22-11-8-19-35(37)43-31(4)48(30(2)3)45-32(17-15-24-39(43)47)27-28-40-44(45)36-20-9-12-23-38(36)49(40)41-25-16-21-34-33-18-10-13-26-42(33)50-46(34)41/h5-14,16,18-28H,2,15,17,29H2,1,3-4H3/b6-5-,14-7-,39-24+,43-31+. The molecule has 244 valence electrons. The van der Waals surface area contributed by atoms with Gasteiger partial charge in [-0.3, -0.25) is 0 Å². The molecule has 9 rings (SSSR count). The largest absolute Gasteiger partial charge is 0.454 e. The van der Waals surface area contributed by atoms with Gasteiger partial charge in [-0.05, 0) is 69.5 Å². The Labute approximate surface area is 291 Å². The summed E-state index contributed by atoms with van der Waals surface area (Å²) < 4.78 is 11.5. The molecule has 3 aromatic heterocycles. The molecule has 1 aliphatic heterocycles. The van der Waals surface area contributed by atoms with E-state index in [-0.39, 0.29) is 0 Å². The Morgan fingerprint density at radius 1 is 0.780 bits per heavy atom. The summed E-state index contributed by atoms with van der Waals surface area (Å²) in [6.07, 6.45) is 12.8. The Morgan fingerprint density at radius 3 is 2.34 bits per heavy atom. The lowest BCUT2D eigenvalue weighted by Crippen LogP contribution is -2.35. The van der Waals surface area contributed by atoms with E-state index in [0.29, 0.717) is 0 Å². The van der Waals surface area contributed by atoms with Crippen LogP contribution >= 0.6 is 0 Å². The normalized spacial score (nSPS) is 15.6. The SMILES string of the molecule is C=C(C)N1/C(C)=c2/c(n(C/C=C\C=C/C)c3ccccc23)=C\CCc2ccc3c(c21)c1ccccc1n3-c1cccc2c1oc1ccccc12. The van der Waals surface area contributed by atoms with E-state index in [1.54, 1.807) is 0 Å². The van der Waals surface area contributed by atoms with Crippen molar-refractivity contribution in [1.29, 1.82) is 0 Å². The molecule has 4 heteroatoms. The fraction of sp³-hybridized carbons (Fsp3) is 0.130. The number of para-hydroxylation sites is 4. The molecular formula is C46H39N3O. The molecular weight excluding hydrogens is 611 g/mol. The van der Waals surface area contributed by atoms with E-state index < -0.39 is 0 Å². The summed E-state index contributed by atoms with van der Waals surface area (Å²) in [7, 11) is 0. The van der Waals surface area contributed by atoms with Crippen LogP contribution in [0.2, 0.25) is 0 Å². The average molecular weight is 650 g/mol. The van der Waals surface area contributed by atoms with Crippen molar-refractivity contribution in [2.24, 2.45) is 0 Å². The monoisotopic (exact) mass is 649 g/mol. The second kappa shape index (κ2) is 11.9. The molecule has 4 nitrogen and oxygen atoms in total. The minimum atomic E-state index is 0.801. The number of benzene rings is 5. The number of rotatable bonds is 5. The van der Waals surface area contributed by atoms with Crippen LogP contribution in [0.4, 0.5) is 5.69 Å². The lowest BCUT2D eigenvalue weighted by Gasteiger charge is -2.29. The molecule has 0 spiro atoms. The first-order chi connectivity index (χ1) is 24.6. The van der Waals surface area contributed by atoms with E-state index in [0.717, 1.165) is 63.7 Å². The molecule has 0 N–H and O–H groups in total. The quantitative estimate of drug-likeness (QED) is 0.173. The Kier molecular flexibility index (Phi) is 7.13. The predicted octanol–water partition coefficient (Wildman–Crippen LogP) is 10.7. The van der Waals surface area contributed by atoms with Crippen molar-refractivity contribution < 1.29 is 4.42 Å². The van der Waals surface area contributed by atoms with Crippen molar-refractivity contribution in [3.63, 3.8) is 0 Å². The molecule has 0 bridgehead atoms. The predicted molar refractivity (Wildman–Crippen MR) is 212 cm³/mol. The number of fused-ring (bicyclic) bond motifs is 11. The van der Waals surface area contributed by atoms with Gasteiger partial charge in [0.15, 0.2) is 5.58 Å². The van der Waals surface area contributed by atoms with Crippen molar-refractivity contribution in [3.8, 4) is 5.69 Å². The molecule has 50 heavy (non-hydrogen) atoms. The third-order valence-electron chi connectivity index (χ3n) is 10.3. The van der Waals surface area contributed by atoms with Gasteiger partial charge in [0.1, 0.15) is 5.58 Å². The zero-order valence-electron chi connectivity index (χ0n) is 28.8. The molecule has 0 radical (unpaired) electrons. The highest BCUT2D eigenvalue weighted by atomic mass is 16.3. The van der Waals surface area contributed by atoms with Gasteiger partial charge in [0, 0.05) is 61.0 Å². The van der Waals surface area contributed by atoms with Crippen LogP contribution in [0.1, 0.15) is 32.8 Å². The molecule has 0 amide bonds. The number of anilines is 1. The van der Waals surface area contributed by atoms with Crippen LogP contribution < -0.4 is 15.5 Å². The van der Waals surface area contributed by atoms with Crippen LogP contribution in [0.25, 0.3) is 72.1 Å². The number of hydrogen-bond donors (Lipinski definition) is 0. The molecule has 1 aliphatic rings. The van der Waals surface area contributed by atoms with Crippen LogP contribution in [0.3, 0.4) is 0 Å². The summed E-state index contributed by atoms with van der Waals surface area (Å²) in [5.41, 5.74) is 11.1. The van der Waals surface area contributed by atoms with Crippen molar-refractivity contribution in [3.05, 3.63) is 156 Å². The summed E-state index contributed by atoms with van der Waals surface area (Å²) in [5, 5.41) is 8.50. The van der Waals surface area contributed by atoms with Crippen molar-refractivity contribution in [1.82, 2.24) is 9.13 Å². The first kappa shape index (κ1) is 30.1. The summed E-state index contributed by atoms with van der Waals surface area (Å²) in [6, 6.07) is 37.1. The maximum absolute atomic E-state index is 6.61. The summed E-state index contributed by atoms with van der Waals surface area (Å²) in [4.78, 5) is 2.43. The molecule has 4 heterocycles. The van der Waals surface area contributed by atoms with E-state index in [1.807, 2.05) is 6.07 Å². The molecule has 0 saturated heterocycles. The van der Waals surface area contributed by atoms with Gasteiger partial charge in [-0.15, -0.1) is 0 Å². The average Bonchev–Trinajstić information content (AvgIpc) is 3.79. The fourth-order valence-corrected chi connectivity index (χ4v) is 8.30. The number of aryl methyl sites for hydroxylation is 1.